The molecule has 0 bridgehead atoms. The van der Waals surface area contributed by atoms with Crippen LogP contribution in [-0.2, 0) is 13.5 Å². The van der Waals surface area contributed by atoms with Crippen molar-refractivity contribution in [3.8, 4) is 0 Å². The molecule has 0 aromatic carbocycles. The van der Waals surface area contributed by atoms with Gasteiger partial charge in [0.05, 0.1) is 5.03 Å². The molecule has 2 aromatic rings. The van der Waals surface area contributed by atoms with E-state index in [-0.39, 0.29) is 10.7 Å². The number of aromatic nitrogens is 4. The fourth-order valence-corrected chi connectivity index (χ4v) is 2.77. The molecule has 0 atom stereocenters. The summed E-state index contributed by atoms with van der Waals surface area (Å²) in [6, 6.07) is 3.55. The van der Waals surface area contributed by atoms with Gasteiger partial charge in [0.15, 0.2) is 0 Å². The van der Waals surface area contributed by atoms with Gasteiger partial charge >= 0.3 is 0 Å². The Kier molecular flexibility index (Phi) is 5.18. The highest BCUT2D eigenvalue weighted by atomic mass is 32.2. The molecule has 2 aromatic heterocycles. The minimum Gasteiger partial charge on any atom is -0.352 e. The van der Waals surface area contributed by atoms with Gasteiger partial charge in [-0.3, -0.25) is 4.79 Å². The summed E-state index contributed by atoms with van der Waals surface area (Å²) in [6.45, 7) is 6.88. The third kappa shape index (κ3) is 4.84. The van der Waals surface area contributed by atoms with Crippen LogP contribution in [0.15, 0.2) is 29.7 Å². The Bertz CT molecular complexity index is 647. The molecule has 0 aliphatic carbocycles. The minimum atomic E-state index is -0.0969. The van der Waals surface area contributed by atoms with Crippen LogP contribution in [-0.4, -0.2) is 36.9 Å². The zero-order valence-electron chi connectivity index (χ0n) is 13.3. The second-order valence-corrected chi connectivity index (χ2v) is 7.81. The van der Waals surface area contributed by atoms with E-state index in [2.05, 4.69) is 41.3 Å². The third-order valence-electron chi connectivity index (χ3n) is 2.85. The molecule has 1 amide bonds. The quantitative estimate of drug-likeness (QED) is 0.854. The molecule has 0 radical (unpaired) electrons. The van der Waals surface area contributed by atoms with Crippen LogP contribution < -0.4 is 5.32 Å². The number of aryl methyl sites for hydroxylation is 1. The van der Waals surface area contributed by atoms with Crippen LogP contribution in [0.2, 0.25) is 0 Å². The van der Waals surface area contributed by atoms with E-state index in [0.717, 1.165) is 10.9 Å². The second kappa shape index (κ2) is 6.91. The lowest BCUT2D eigenvalue weighted by Crippen LogP contribution is -2.26. The van der Waals surface area contributed by atoms with Crippen molar-refractivity contribution < 1.29 is 4.79 Å². The number of pyridine rings is 1. The van der Waals surface area contributed by atoms with Crippen LogP contribution >= 0.6 is 11.8 Å². The number of hydrogen-bond acceptors (Lipinski definition) is 5. The molecule has 1 N–H and O–H groups in total. The molecule has 6 nitrogen and oxygen atoms in total. The van der Waals surface area contributed by atoms with Gasteiger partial charge in [0.25, 0.3) is 5.91 Å². The molecular formula is C15H21N5OS. The summed E-state index contributed by atoms with van der Waals surface area (Å²) < 4.78 is 1.91. The Balaban J connectivity index is 1.92. The Morgan fingerprint density at radius 1 is 1.41 bits per heavy atom. The molecule has 22 heavy (non-hydrogen) atoms. The first-order chi connectivity index (χ1) is 10.3. The number of nitrogens with zero attached hydrogens (tertiary/aromatic N) is 4. The Morgan fingerprint density at radius 3 is 2.82 bits per heavy atom. The van der Waals surface area contributed by atoms with Crippen molar-refractivity contribution >= 4 is 17.7 Å². The molecule has 0 aliphatic heterocycles. The van der Waals surface area contributed by atoms with Crippen LogP contribution in [0.1, 0.15) is 37.0 Å². The summed E-state index contributed by atoms with van der Waals surface area (Å²) in [7, 11) is 1.88. The van der Waals surface area contributed by atoms with Crippen molar-refractivity contribution in [2.75, 3.05) is 6.54 Å². The van der Waals surface area contributed by atoms with Gasteiger partial charge in [-0.2, -0.15) is 0 Å². The highest BCUT2D eigenvalue weighted by molar-refractivity contribution is 8.00. The highest BCUT2D eigenvalue weighted by Gasteiger charge is 2.14. The van der Waals surface area contributed by atoms with Gasteiger partial charge in [0.1, 0.15) is 12.2 Å². The van der Waals surface area contributed by atoms with E-state index in [1.165, 1.54) is 0 Å². The SMILES string of the molecule is Cn1cnnc1CCNC(=O)c1ccnc(SC(C)(C)C)c1. The summed E-state index contributed by atoms with van der Waals surface area (Å²) >= 11 is 1.64. The van der Waals surface area contributed by atoms with Crippen molar-refractivity contribution in [2.45, 2.75) is 37.0 Å². The van der Waals surface area contributed by atoms with Crippen LogP contribution in [0.4, 0.5) is 0 Å². The number of rotatable bonds is 5. The molecule has 2 heterocycles. The molecule has 118 valence electrons. The predicted octanol–water partition coefficient (Wildman–Crippen LogP) is 2.07. The van der Waals surface area contributed by atoms with Crippen molar-refractivity contribution in [2.24, 2.45) is 7.05 Å². The van der Waals surface area contributed by atoms with Crippen molar-refractivity contribution in [1.29, 1.82) is 0 Å². The monoisotopic (exact) mass is 319 g/mol. The summed E-state index contributed by atoms with van der Waals surface area (Å²) in [5.74, 6) is 0.749. The molecule has 7 heteroatoms. The maximum atomic E-state index is 12.2. The van der Waals surface area contributed by atoms with E-state index < -0.39 is 0 Å². The van der Waals surface area contributed by atoms with Gasteiger partial charge in [0, 0.05) is 36.5 Å². The first-order valence-electron chi connectivity index (χ1n) is 7.11. The summed E-state index contributed by atoms with van der Waals surface area (Å²) in [6.07, 6.45) is 3.97. The lowest BCUT2D eigenvalue weighted by Gasteiger charge is -2.16. The maximum absolute atomic E-state index is 12.2. The van der Waals surface area contributed by atoms with Gasteiger partial charge in [-0.25, -0.2) is 4.98 Å². The zero-order valence-corrected chi connectivity index (χ0v) is 14.1. The Labute approximate surface area is 134 Å². The first kappa shape index (κ1) is 16.5. The number of hydrogen-bond donors (Lipinski definition) is 1. The lowest BCUT2D eigenvalue weighted by molar-refractivity contribution is 0.0953. The number of amides is 1. The molecule has 0 saturated carbocycles. The molecular weight excluding hydrogens is 298 g/mol. The van der Waals surface area contributed by atoms with Gasteiger partial charge < -0.3 is 9.88 Å². The highest BCUT2D eigenvalue weighted by Crippen LogP contribution is 2.30. The molecule has 2 rings (SSSR count). The van der Waals surface area contributed by atoms with Crippen molar-refractivity contribution in [3.63, 3.8) is 0 Å². The average molecular weight is 319 g/mol. The van der Waals surface area contributed by atoms with Crippen molar-refractivity contribution in [3.05, 3.63) is 36.0 Å². The third-order valence-corrected chi connectivity index (χ3v) is 3.89. The van der Waals surface area contributed by atoms with Crippen LogP contribution in [0.5, 0.6) is 0 Å². The molecule has 0 unspecified atom stereocenters. The van der Waals surface area contributed by atoms with Crippen molar-refractivity contribution in [1.82, 2.24) is 25.1 Å². The molecule has 0 saturated heterocycles. The van der Waals surface area contributed by atoms with E-state index in [0.29, 0.717) is 18.5 Å². The topological polar surface area (TPSA) is 72.7 Å². The van der Waals surface area contributed by atoms with E-state index in [4.69, 9.17) is 0 Å². The summed E-state index contributed by atoms with van der Waals surface area (Å²) in [5, 5.41) is 11.6. The lowest BCUT2D eigenvalue weighted by atomic mass is 10.2. The normalized spacial score (nSPS) is 11.5. The van der Waals surface area contributed by atoms with Gasteiger partial charge in [0.2, 0.25) is 0 Å². The number of nitrogens with one attached hydrogen (secondary N) is 1. The second-order valence-electron chi connectivity index (χ2n) is 5.96. The Hall–Kier alpha value is -1.89. The van der Waals surface area contributed by atoms with E-state index in [9.17, 15) is 4.79 Å². The molecule has 0 fully saturated rings. The summed E-state index contributed by atoms with van der Waals surface area (Å²) in [5.41, 5.74) is 0.625. The zero-order chi connectivity index (χ0) is 16.2. The standard InChI is InChI=1S/C15H21N5OS/c1-15(2,3)22-13-9-11(5-7-16-13)14(21)17-8-6-12-19-18-10-20(12)4/h5,7,9-10H,6,8H2,1-4H3,(H,17,21). The largest absolute Gasteiger partial charge is 0.352 e. The fraction of sp³-hybridized carbons (Fsp3) is 0.467. The smallest absolute Gasteiger partial charge is 0.251 e. The maximum Gasteiger partial charge on any atom is 0.251 e. The van der Waals surface area contributed by atoms with Crippen LogP contribution in [0.3, 0.4) is 0 Å². The average Bonchev–Trinajstić information content (AvgIpc) is 2.83. The number of thioether (sulfide) groups is 1. The van der Waals surface area contributed by atoms with Crippen LogP contribution in [0, 0.1) is 0 Å². The van der Waals surface area contributed by atoms with Gasteiger partial charge in [-0.1, -0.05) is 20.8 Å². The van der Waals surface area contributed by atoms with Gasteiger partial charge in [-0.15, -0.1) is 22.0 Å². The van der Waals surface area contributed by atoms with E-state index in [1.807, 2.05) is 17.7 Å². The molecule has 0 aliphatic rings. The first-order valence-corrected chi connectivity index (χ1v) is 7.93. The molecule has 0 spiro atoms. The minimum absolute atomic E-state index is 0.0628. The van der Waals surface area contributed by atoms with Gasteiger partial charge in [-0.05, 0) is 12.1 Å². The van der Waals surface area contributed by atoms with Crippen LogP contribution in [0.25, 0.3) is 0 Å². The summed E-state index contributed by atoms with van der Waals surface area (Å²) in [4.78, 5) is 16.5. The Morgan fingerprint density at radius 2 is 2.18 bits per heavy atom. The van der Waals surface area contributed by atoms with E-state index >= 15 is 0 Å². The van der Waals surface area contributed by atoms with E-state index in [1.54, 1.807) is 30.4 Å². The number of carbonyl (C=O) groups is 1. The fourth-order valence-electron chi connectivity index (χ4n) is 1.84. The number of carbonyl (C=O) groups excluding carboxylic acids is 1. The predicted molar refractivity (Wildman–Crippen MR) is 86.9 cm³/mol.